The van der Waals surface area contributed by atoms with Crippen molar-refractivity contribution in [1.29, 1.82) is 0 Å². The third kappa shape index (κ3) is 4.30. The lowest BCUT2D eigenvalue weighted by atomic mass is 10.0. The third-order valence-electron chi connectivity index (χ3n) is 6.28. The van der Waals surface area contributed by atoms with Gasteiger partial charge in [-0.25, -0.2) is 4.98 Å². The number of benzene rings is 3. The molecule has 0 saturated carbocycles. The van der Waals surface area contributed by atoms with Crippen molar-refractivity contribution in [2.24, 2.45) is 0 Å². The van der Waals surface area contributed by atoms with Gasteiger partial charge < -0.3 is 14.8 Å². The van der Waals surface area contributed by atoms with E-state index in [0.29, 0.717) is 12.1 Å². The molecular weight excluding hydrogens is 396 g/mol. The summed E-state index contributed by atoms with van der Waals surface area (Å²) in [6, 6.07) is 26.7. The molecule has 0 atom stereocenters. The van der Waals surface area contributed by atoms with Crippen LogP contribution in [0.25, 0.3) is 22.4 Å². The third-order valence-corrected chi connectivity index (χ3v) is 6.28. The lowest BCUT2D eigenvalue weighted by molar-refractivity contribution is 0.0917. The maximum Gasteiger partial charge on any atom is 0.251 e. The zero-order chi connectivity index (χ0) is 21.9. The zero-order valence-electron chi connectivity index (χ0n) is 18.4. The van der Waals surface area contributed by atoms with E-state index in [1.165, 1.54) is 5.56 Å². The highest BCUT2D eigenvalue weighted by Gasteiger charge is 2.20. The van der Waals surface area contributed by atoms with Gasteiger partial charge in [-0.05, 0) is 56.7 Å². The van der Waals surface area contributed by atoms with Crippen molar-refractivity contribution >= 4 is 16.9 Å². The number of amides is 1. The fourth-order valence-electron chi connectivity index (χ4n) is 4.42. The Morgan fingerprint density at radius 2 is 1.66 bits per heavy atom. The first kappa shape index (κ1) is 20.5. The predicted octanol–water partition coefficient (Wildman–Crippen LogP) is 4.58. The van der Waals surface area contributed by atoms with E-state index in [1.807, 2.05) is 42.5 Å². The van der Waals surface area contributed by atoms with Crippen molar-refractivity contribution < 1.29 is 4.79 Å². The van der Waals surface area contributed by atoms with E-state index in [-0.39, 0.29) is 11.9 Å². The molecule has 1 saturated heterocycles. The SMILES string of the molecule is CN1CCC(NC(=O)c2ccc3nc(-c4ccccc4)n(Cc4ccccc4)c3c2)CC1. The molecule has 0 bridgehead atoms. The average molecular weight is 425 g/mol. The molecule has 4 aromatic rings. The first-order valence-electron chi connectivity index (χ1n) is 11.3. The molecule has 5 nitrogen and oxygen atoms in total. The van der Waals surface area contributed by atoms with Crippen molar-refractivity contribution in [2.75, 3.05) is 20.1 Å². The molecule has 1 amide bonds. The van der Waals surface area contributed by atoms with Gasteiger partial charge in [0.1, 0.15) is 5.82 Å². The minimum Gasteiger partial charge on any atom is -0.349 e. The number of fused-ring (bicyclic) bond motifs is 1. The van der Waals surface area contributed by atoms with E-state index < -0.39 is 0 Å². The van der Waals surface area contributed by atoms with Crippen LogP contribution < -0.4 is 5.32 Å². The molecule has 5 heteroatoms. The standard InChI is InChI=1S/C27H28N4O/c1-30-16-14-23(15-17-30)28-27(32)22-12-13-24-25(18-22)31(19-20-8-4-2-5-9-20)26(29-24)21-10-6-3-7-11-21/h2-13,18,23H,14-17,19H2,1H3,(H,28,32). The Kier molecular flexibility index (Phi) is 5.73. The molecule has 32 heavy (non-hydrogen) atoms. The van der Waals surface area contributed by atoms with E-state index >= 15 is 0 Å². The molecule has 162 valence electrons. The number of aromatic nitrogens is 2. The number of imidazole rings is 1. The lowest BCUT2D eigenvalue weighted by Gasteiger charge is -2.29. The maximum atomic E-state index is 13.0. The number of piperidine rings is 1. The van der Waals surface area contributed by atoms with E-state index in [9.17, 15) is 4.79 Å². The second-order valence-corrected chi connectivity index (χ2v) is 8.63. The van der Waals surface area contributed by atoms with Crippen LogP contribution in [0.1, 0.15) is 28.8 Å². The summed E-state index contributed by atoms with van der Waals surface area (Å²) in [6.45, 7) is 2.74. The average Bonchev–Trinajstić information content (AvgIpc) is 3.19. The fraction of sp³-hybridized carbons (Fsp3) is 0.259. The highest BCUT2D eigenvalue weighted by atomic mass is 16.1. The van der Waals surface area contributed by atoms with Gasteiger partial charge in [-0.3, -0.25) is 4.79 Å². The maximum absolute atomic E-state index is 13.0. The van der Waals surface area contributed by atoms with Gasteiger partial charge in [0.2, 0.25) is 0 Å². The van der Waals surface area contributed by atoms with E-state index in [0.717, 1.165) is 48.4 Å². The largest absolute Gasteiger partial charge is 0.349 e. The number of carbonyl (C=O) groups is 1. The van der Waals surface area contributed by atoms with Gasteiger partial charge in [0.25, 0.3) is 5.91 Å². The number of carbonyl (C=O) groups excluding carboxylic acids is 1. The predicted molar refractivity (Wildman–Crippen MR) is 129 cm³/mol. The van der Waals surface area contributed by atoms with Crippen LogP contribution in [0, 0.1) is 0 Å². The first-order valence-corrected chi connectivity index (χ1v) is 11.3. The molecule has 0 spiro atoms. The summed E-state index contributed by atoms with van der Waals surface area (Å²) in [5.74, 6) is 0.910. The van der Waals surface area contributed by atoms with Crippen LogP contribution in [-0.2, 0) is 6.54 Å². The molecule has 1 fully saturated rings. The normalized spacial score (nSPS) is 15.2. The smallest absolute Gasteiger partial charge is 0.251 e. The Balaban J connectivity index is 1.51. The van der Waals surface area contributed by atoms with Crippen molar-refractivity contribution in [3.8, 4) is 11.4 Å². The second kappa shape index (κ2) is 8.97. The van der Waals surface area contributed by atoms with Crippen LogP contribution in [0.3, 0.4) is 0 Å². The van der Waals surface area contributed by atoms with Crippen LogP contribution in [0.5, 0.6) is 0 Å². The van der Waals surface area contributed by atoms with Gasteiger partial charge in [0, 0.05) is 23.7 Å². The van der Waals surface area contributed by atoms with Crippen molar-refractivity contribution in [3.05, 3.63) is 90.0 Å². The summed E-state index contributed by atoms with van der Waals surface area (Å²) in [4.78, 5) is 20.3. The Hall–Kier alpha value is -3.44. The van der Waals surface area contributed by atoms with E-state index in [1.54, 1.807) is 0 Å². The summed E-state index contributed by atoms with van der Waals surface area (Å²) in [5.41, 5.74) is 4.83. The Bertz CT molecular complexity index is 1210. The quantitative estimate of drug-likeness (QED) is 0.510. The molecule has 1 aliphatic heterocycles. The highest BCUT2D eigenvalue weighted by Crippen LogP contribution is 2.27. The summed E-state index contributed by atoms with van der Waals surface area (Å²) in [7, 11) is 2.13. The van der Waals surface area contributed by atoms with Gasteiger partial charge >= 0.3 is 0 Å². The summed E-state index contributed by atoms with van der Waals surface area (Å²) in [5, 5.41) is 3.23. The molecule has 3 aromatic carbocycles. The van der Waals surface area contributed by atoms with Gasteiger partial charge in [0.15, 0.2) is 0 Å². The van der Waals surface area contributed by atoms with Crippen LogP contribution in [0.4, 0.5) is 0 Å². The Labute approximate surface area is 188 Å². The number of rotatable bonds is 5. The van der Waals surface area contributed by atoms with Crippen LogP contribution >= 0.6 is 0 Å². The minimum atomic E-state index is -0.00447. The van der Waals surface area contributed by atoms with E-state index in [2.05, 4.69) is 58.2 Å². The van der Waals surface area contributed by atoms with Crippen molar-refractivity contribution in [2.45, 2.75) is 25.4 Å². The molecule has 0 radical (unpaired) electrons. The molecule has 1 N–H and O–H groups in total. The molecular formula is C27H28N4O. The molecule has 5 rings (SSSR count). The number of nitrogens with zero attached hydrogens (tertiary/aromatic N) is 3. The molecule has 1 aliphatic rings. The number of hydrogen-bond acceptors (Lipinski definition) is 3. The van der Waals surface area contributed by atoms with Gasteiger partial charge in [-0.1, -0.05) is 60.7 Å². The molecule has 0 unspecified atom stereocenters. The van der Waals surface area contributed by atoms with Crippen molar-refractivity contribution in [3.63, 3.8) is 0 Å². The summed E-state index contributed by atoms with van der Waals surface area (Å²) in [6.07, 6.45) is 1.99. The van der Waals surface area contributed by atoms with Gasteiger partial charge in [-0.2, -0.15) is 0 Å². The van der Waals surface area contributed by atoms with E-state index in [4.69, 9.17) is 4.98 Å². The minimum absolute atomic E-state index is 0.00447. The number of hydrogen-bond donors (Lipinski definition) is 1. The molecule has 2 heterocycles. The summed E-state index contributed by atoms with van der Waals surface area (Å²) < 4.78 is 2.21. The zero-order valence-corrected chi connectivity index (χ0v) is 18.4. The monoisotopic (exact) mass is 424 g/mol. The Morgan fingerprint density at radius 3 is 2.38 bits per heavy atom. The summed E-state index contributed by atoms with van der Waals surface area (Å²) >= 11 is 0. The topological polar surface area (TPSA) is 50.2 Å². The van der Waals surface area contributed by atoms with Crippen LogP contribution in [-0.4, -0.2) is 46.5 Å². The number of likely N-dealkylation sites (tertiary alicyclic amines) is 1. The van der Waals surface area contributed by atoms with Gasteiger partial charge in [-0.15, -0.1) is 0 Å². The van der Waals surface area contributed by atoms with Crippen LogP contribution in [0.15, 0.2) is 78.9 Å². The first-order chi connectivity index (χ1) is 15.7. The highest BCUT2D eigenvalue weighted by molar-refractivity contribution is 5.98. The lowest BCUT2D eigenvalue weighted by Crippen LogP contribution is -2.43. The molecule has 0 aliphatic carbocycles. The van der Waals surface area contributed by atoms with Crippen LogP contribution in [0.2, 0.25) is 0 Å². The second-order valence-electron chi connectivity index (χ2n) is 8.63. The van der Waals surface area contributed by atoms with Crippen molar-refractivity contribution in [1.82, 2.24) is 19.8 Å². The number of nitrogens with one attached hydrogen (secondary N) is 1. The molecule has 1 aromatic heterocycles. The van der Waals surface area contributed by atoms with Gasteiger partial charge in [0.05, 0.1) is 11.0 Å². The fourth-order valence-corrected chi connectivity index (χ4v) is 4.42. The Morgan fingerprint density at radius 1 is 0.969 bits per heavy atom.